The summed E-state index contributed by atoms with van der Waals surface area (Å²) in [6, 6.07) is 14.6. The molecular weight excluding hydrogens is 384 g/mol. The molecule has 0 heterocycles. The van der Waals surface area contributed by atoms with Crippen LogP contribution in [-0.4, -0.2) is 31.0 Å². The van der Waals surface area contributed by atoms with Crippen molar-refractivity contribution in [1.29, 1.82) is 0 Å². The number of carbonyl (C=O) groups excluding carboxylic acids is 3. The predicted molar refractivity (Wildman–Crippen MR) is 105 cm³/mol. The Balaban J connectivity index is 2.07. The van der Waals surface area contributed by atoms with Crippen molar-refractivity contribution in [2.75, 3.05) is 18.3 Å². The highest BCUT2D eigenvalue weighted by Crippen LogP contribution is 2.20. The van der Waals surface area contributed by atoms with E-state index >= 15 is 0 Å². The second kappa shape index (κ2) is 10.9. The van der Waals surface area contributed by atoms with E-state index in [4.69, 9.17) is 21.1 Å². The summed E-state index contributed by atoms with van der Waals surface area (Å²) in [6.45, 7) is 0.0646. The molecule has 0 spiro atoms. The molecule has 0 bridgehead atoms. The Morgan fingerprint density at radius 3 is 2.50 bits per heavy atom. The van der Waals surface area contributed by atoms with Gasteiger partial charge in [0.2, 0.25) is 5.91 Å². The number of halogens is 1. The van der Waals surface area contributed by atoms with Gasteiger partial charge in [0.25, 0.3) is 0 Å². The molecule has 0 unspecified atom stereocenters. The zero-order valence-corrected chi connectivity index (χ0v) is 16.1. The molecule has 148 valence electrons. The Kier molecular flexibility index (Phi) is 8.30. The van der Waals surface area contributed by atoms with Gasteiger partial charge >= 0.3 is 12.1 Å². The van der Waals surface area contributed by atoms with Crippen molar-refractivity contribution in [3.8, 4) is 0 Å². The number of benzene rings is 2. The Morgan fingerprint density at radius 2 is 1.82 bits per heavy atom. The average molecular weight is 405 g/mol. The maximum Gasteiger partial charge on any atom is 0.408 e. The first kappa shape index (κ1) is 21.2. The van der Waals surface area contributed by atoms with Crippen molar-refractivity contribution in [2.24, 2.45) is 0 Å². The van der Waals surface area contributed by atoms with Crippen LogP contribution in [0, 0.1) is 0 Å². The molecule has 2 aromatic carbocycles. The minimum Gasteiger partial charge on any atom is -0.467 e. The van der Waals surface area contributed by atoms with Crippen LogP contribution >= 0.6 is 11.6 Å². The first-order valence-corrected chi connectivity index (χ1v) is 9.07. The van der Waals surface area contributed by atoms with Crippen LogP contribution in [0.5, 0.6) is 0 Å². The van der Waals surface area contributed by atoms with Crippen LogP contribution in [0.4, 0.5) is 10.5 Å². The number of alkyl carbamates (subject to hydrolysis) is 1. The van der Waals surface area contributed by atoms with Crippen molar-refractivity contribution in [3.63, 3.8) is 0 Å². The minimum absolute atomic E-state index is 0.0646. The van der Waals surface area contributed by atoms with E-state index in [1.165, 1.54) is 7.11 Å². The third-order valence-corrected chi connectivity index (χ3v) is 3.93. The third kappa shape index (κ3) is 6.59. The van der Waals surface area contributed by atoms with E-state index in [1.807, 2.05) is 30.3 Å². The molecule has 2 N–H and O–H groups in total. The van der Waals surface area contributed by atoms with Crippen LogP contribution in [0.15, 0.2) is 54.6 Å². The highest BCUT2D eigenvalue weighted by atomic mass is 35.5. The molecule has 0 fully saturated rings. The monoisotopic (exact) mass is 404 g/mol. The van der Waals surface area contributed by atoms with E-state index < -0.39 is 18.1 Å². The number of alkyl halides is 1. The first-order valence-electron chi connectivity index (χ1n) is 8.54. The zero-order valence-electron chi connectivity index (χ0n) is 15.3. The molecule has 2 aromatic rings. The largest absolute Gasteiger partial charge is 0.467 e. The van der Waals surface area contributed by atoms with Crippen LogP contribution < -0.4 is 10.6 Å². The van der Waals surface area contributed by atoms with Gasteiger partial charge in [-0.25, -0.2) is 9.59 Å². The molecule has 2 rings (SSSR count). The number of carbonyl (C=O) groups is 3. The summed E-state index contributed by atoms with van der Waals surface area (Å²) in [4.78, 5) is 36.0. The third-order valence-electron chi connectivity index (χ3n) is 3.74. The molecule has 0 radical (unpaired) electrons. The number of hydrogen-bond acceptors (Lipinski definition) is 5. The van der Waals surface area contributed by atoms with Gasteiger partial charge in [-0.05, 0) is 23.3 Å². The van der Waals surface area contributed by atoms with Gasteiger partial charge in [-0.15, -0.1) is 11.6 Å². The molecule has 0 aliphatic heterocycles. The van der Waals surface area contributed by atoms with Gasteiger partial charge < -0.3 is 20.1 Å². The van der Waals surface area contributed by atoms with Crippen LogP contribution in [-0.2, 0) is 25.7 Å². The summed E-state index contributed by atoms with van der Waals surface area (Å²) in [5, 5.41) is 5.17. The van der Waals surface area contributed by atoms with Crippen molar-refractivity contribution in [3.05, 3.63) is 65.7 Å². The van der Waals surface area contributed by atoms with Gasteiger partial charge in [-0.1, -0.05) is 42.5 Å². The summed E-state index contributed by atoms with van der Waals surface area (Å²) < 4.78 is 9.94. The van der Waals surface area contributed by atoms with Crippen molar-refractivity contribution in [1.82, 2.24) is 5.32 Å². The lowest BCUT2D eigenvalue weighted by molar-refractivity contribution is -0.143. The number of amides is 2. The Morgan fingerprint density at radius 1 is 1.07 bits per heavy atom. The van der Waals surface area contributed by atoms with E-state index in [0.717, 1.165) is 5.56 Å². The molecule has 28 heavy (non-hydrogen) atoms. The Hall–Kier alpha value is -3.06. The number of hydrogen-bond donors (Lipinski definition) is 2. The fourth-order valence-corrected chi connectivity index (χ4v) is 2.56. The van der Waals surface area contributed by atoms with Gasteiger partial charge in [0.05, 0.1) is 7.11 Å². The van der Waals surface area contributed by atoms with E-state index in [0.29, 0.717) is 11.3 Å². The highest BCUT2D eigenvalue weighted by Gasteiger charge is 2.24. The fraction of sp³-hybridized carbons (Fsp3) is 0.250. The van der Waals surface area contributed by atoms with Crippen molar-refractivity contribution >= 4 is 35.3 Å². The van der Waals surface area contributed by atoms with Gasteiger partial charge in [0, 0.05) is 18.0 Å². The molecule has 1 atom stereocenters. The molecular formula is C20H21ClN2O5. The summed E-state index contributed by atoms with van der Waals surface area (Å²) in [6.07, 6.45) is -0.605. The van der Waals surface area contributed by atoms with Gasteiger partial charge in [-0.3, -0.25) is 4.79 Å². The van der Waals surface area contributed by atoms with Gasteiger partial charge in [-0.2, -0.15) is 0 Å². The number of esters is 1. The molecule has 0 aromatic heterocycles. The number of rotatable bonds is 8. The van der Waals surface area contributed by atoms with E-state index in [-0.39, 0.29) is 24.8 Å². The van der Waals surface area contributed by atoms with E-state index in [9.17, 15) is 14.4 Å². The number of anilines is 1. The maximum atomic E-state index is 12.2. The number of methoxy groups -OCH3 is 1. The van der Waals surface area contributed by atoms with Crippen LogP contribution in [0.3, 0.4) is 0 Å². The average Bonchev–Trinajstić information content (AvgIpc) is 2.71. The zero-order chi connectivity index (χ0) is 20.4. The summed E-state index contributed by atoms with van der Waals surface area (Å²) >= 11 is 5.55. The summed E-state index contributed by atoms with van der Waals surface area (Å²) in [5.41, 5.74) is 1.73. The van der Waals surface area contributed by atoms with Gasteiger partial charge in [0.15, 0.2) is 6.04 Å². The fourth-order valence-electron chi connectivity index (χ4n) is 2.38. The maximum absolute atomic E-state index is 12.2. The first-order chi connectivity index (χ1) is 13.5. The number of nitrogens with one attached hydrogen (secondary N) is 2. The Bertz CT molecular complexity index is 813. The molecule has 7 nitrogen and oxygen atoms in total. The highest BCUT2D eigenvalue weighted by molar-refractivity contribution is 6.19. The normalized spacial score (nSPS) is 11.2. The van der Waals surface area contributed by atoms with E-state index in [2.05, 4.69) is 10.6 Å². The SMILES string of the molecule is COC(=O)[C@H](NC(=O)OCc1ccccc1)c1cccc(NC(=O)CCCl)c1. The molecule has 0 saturated carbocycles. The quantitative estimate of drug-likeness (QED) is 0.519. The predicted octanol–water partition coefficient (Wildman–Crippen LogP) is 3.39. The van der Waals surface area contributed by atoms with Crippen molar-refractivity contribution < 1.29 is 23.9 Å². The lowest BCUT2D eigenvalue weighted by Gasteiger charge is -2.18. The lowest BCUT2D eigenvalue weighted by Crippen LogP contribution is -2.35. The summed E-state index contributed by atoms with van der Waals surface area (Å²) in [5.74, 6) is -0.719. The summed E-state index contributed by atoms with van der Waals surface area (Å²) in [7, 11) is 1.22. The molecule has 2 amide bonds. The minimum atomic E-state index is -1.09. The molecule has 0 aliphatic carbocycles. The van der Waals surface area contributed by atoms with Gasteiger partial charge in [0.1, 0.15) is 6.61 Å². The van der Waals surface area contributed by atoms with Crippen molar-refractivity contribution in [2.45, 2.75) is 19.1 Å². The smallest absolute Gasteiger partial charge is 0.408 e. The topological polar surface area (TPSA) is 93.7 Å². The van der Waals surface area contributed by atoms with Crippen LogP contribution in [0.25, 0.3) is 0 Å². The molecule has 0 saturated heterocycles. The second-order valence-electron chi connectivity index (χ2n) is 5.77. The number of ether oxygens (including phenoxy) is 2. The second-order valence-corrected chi connectivity index (χ2v) is 6.15. The standard InChI is InChI=1S/C20H21ClN2O5/c1-27-19(25)18(23-20(26)28-13-14-6-3-2-4-7-14)15-8-5-9-16(12-15)22-17(24)10-11-21/h2-9,12,18H,10-11,13H2,1H3,(H,22,24)(H,23,26)/t18-/m1/s1. The van der Waals surface area contributed by atoms with Crippen LogP contribution in [0.2, 0.25) is 0 Å². The van der Waals surface area contributed by atoms with Crippen LogP contribution in [0.1, 0.15) is 23.6 Å². The van der Waals surface area contributed by atoms with E-state index in [1.54, 1.807) is 24.3 Å². The molecule has 8 heteroatoms. The molecule has 0 aliphatic rings. The lowest BCUT2D eigenvalue weighted by atomic mass is 10.1. The Labute approximate surface area is 168 Å².